The number of nitrogens with one attached hydrogen (secondary N) is 1. The summed E-state index contributed by atoms with van der Waals surface area (Å²) in [7, 11) is 0. The number of thiazole rings is 1. The van der Waals surface area contributed by atoms with Crippen LogP contribution in [0.2, 0.25) is 0 Å². The number of amides is 2. The minimum Gasteiger partial charge on any atom is -0.481 e. The summed E-state index contributed by atoms with van der Waals surface area (Å²) < 4.78 is 0.674. The first-order valence-electron chi connectivity index (χ1n) is 10.8. The van der Waals surface area contributed by atoms with E-state index in [0.717, 1.165) is 24.2 Å². The maximum Gasteiger partial charge on any atom is 0.313 e. The van der Waals surface area contributed by atoms with Crippen molar-refractivity contribution in [1.29, 1.82) is 0 Å². The molecule has 4 heterocycles. The molecule has 2 fully saturated rings. The van der Waals surface area contributed by atoms with Gasteiger partial charge in [0.1, 0.15) is 34.1 Å². The summed E-state index contributed by atoms with van der Waals surface area (Å²) in [4.78, 5) is 49.5. The number of carboxylic acids is 1. The Kier molecular flexibility index (Phi) is 7.18. The third kappa shape index (κ3) is 4.94. The molecule has 4 atom stereocenters. The van der Waals surface area contributed by atoms with Gasteiger partial charge in [0.25, 0.3) is 5.91 Å². The molecule has 0 bridgehead atoms. The third-order valence-corrected chi connectivity index (χ3v) is 10.3. The van der Waals surface area contributed by atoms with Crippen LogP contribution in [-0.2, 0) is 19.2 Å². The standard InChI is InChI=1S/C20H21N7O5S4/c21-18-23-11(5-33-18)12(26-32-10-3-1-2-4-10)14(28)24-13-15(29)27-6-20(17(30)31,7-34-16(13)27)8-35-19-25-22-9-36-19/h1,3,5,9-10,13,16H,2,4,6-8H2,(H2,21,23)(H,24,28)(H,30,31)/t10?,13?,16-,20?/m1/s1. The summed E-state index contributed by atoms with van der Waals surface area (Å²) in [5, 5.41) is 26.0. The van der Waals surface area contributed by atoms with E-state index >= 15 is 0 Å². The highest BCUT2D eigenvalue weighted by Gasteiger charge is 2.57. The van der Waals surface area contributed by atoms with E-state index in [1.54, 1.807) is 10.9 Å². The Morgan fingerprint density at radius 1 is 1.42 bits per heavy atom. The Balaban J connectivity index is 1.26. The van der Waals surface area contributed by atoms with Gasteiger partial charge in [0.05, 0.1) is 0 Å². The minimum absolute atomic E-state index is 0.0533. The highest BCUT2D eigenvalue weighted by atomic mass is 32.2. The summed E-state index contributed by atoms with van der Waals surface area (Å²) in [5.74, 6) is -1.38. The van der Waals surface area contributed by atoms with Crippen LogP contribution in [0.4, 0.5) is 5.13 Å². The van der Waals surface area contributed by atoms with Gasteiger partial charge >= 0.3 is 5.97 Å². The van der Waals surface area contributed by atoms with Crippen molar-refractivity contribution >= 4 is 74.8 Å². The highest BCUT2D eigenvalue weighted by molar-refractivity contribution is 8.01. The number of nitrogens with two attached hydrogens (primary N) is 1. The van der Waals surface area contributed by atoms with Crippen molar-refractivity contribution in [1.82, 2.24) is 25.4 Å². The van der Waals surface area contributed by atoms with E-state index in [1.807, 2.05) is 12.2 Å². The molecule has 0 aromatic carbocycles. The maximum atomic E-state index is 13.1. The van der Waals surface area contributed by atoms with Gasteiger partial charge in [-0.25, -0.2) is 4.98 Å². The number of carbonyl (C=O) groups is 3. The fourth-order valence-corrected chi connectivity index (χ4v) is 7.85. The largest absolute Gasteiger partial charge is 0.481 e. The van der Waals surface area contributed by atoms with Crippen molar-refractivity contribution in [2.24, 2.45) is 10.6 Å². The van der Waals surface area contributed by atoms with Crippen molar-refractivity contribution in [2.45, 2.75) is 34.7 Å². The van der Waals surface area contributed by atoms with Crippen LogP contribution >= 0.6 is 46.2 Å². The molecule has 0 spiro atoms. The number of nitrogen functional groups attached to an aromatic ring is 1. The first-order valence-corrected chi connectivity index (χ1v) is 14.6. The Morgan fingerprint density at radius 2 is 2.28 bits per heavy atom. The molecule has 2 aromatic rings. The zero-order valence-corrected chi connectivity index (χ0v) is 21.9. The first-order chi connectivity index (χ1) is 17.4. The van der Waals surface area contributed by atoms with E-state index in [9.17, 15) is 19.5 Å². The lowest BCUT2D eigenvalue weighted by molar-refractivity contribution is -0.157. The SMILES string of the molecule is Nc1nc(C(=NOC2C=CCC2)C(=O)NC2C(=O)N3CC(CSc4nncs4)(C(=O)O)CS[C@H]23)cs1. The predicted molar refractivity (Wildman–Crippen MR) is 137 cm³/mol. The van der Waals surface area contributed by atoms with Gasteiger partial charge in [-0.05, 0) is 18.9 Å². The van der Waals surface area contributed by atoms with Crippen molar-refractivity contribution in [2.75, 3.05) is 23.8 Å². The van der Waals surface area contributed by atoms with Gasteiger partial charge in [0.2, 0.25) is 5.91 Å². The van der Waals surface area contributed by atoms with E-state index < -0.39 is 23.3 Å². The van der Waals surface area contributed by atoms with Gasteiger partial charge in [-0.2, -0.15) is 0 Å². The van der Waals surface area contributed by atoms with Gasteiger partial charge < -0.3 is 25.9 Å². The summed E-state index contributed by atoms with van der Waals surface area (Å²) in [6.45, 7) is 0.0533. The van der Waals surface area contributed by atoms with Crippen LogP contribution < -0.4 is 11.1 Å². The normalized spacial score (nSPS) is 27.4. The molecule has 36 heavy (non-hydrogen) atoms. The summed E-state index contributed by atoms with van der Waals surface area (Å²) >= 11 is 5.15. The number of hydrogen-bond acceptors (Lipinski definition) is 13. The minimum atomic E-state index is -1.13. The Hall–Kier alpha value is -2.69. The Labute approximate surface area is 221 Å². The zero-order chi connectivity index (χ0) is 25.3. The molecule has 0 saturated carbocycles. The average Bonchev–Trinajstić information content (AvgIpc) is 3.65. The second-order valence-corrected chi connectivity index (χ2v) is 12.4. The van der Waals surface area contributed by atoms with E-state index in [1.165, 1.54) is 39.8 Å². The number of rotatable bonds is 9. The highest BCUT2D eigenvalue weighted by Crippen LogP contribution is 2.44. The van der Waals surface area contributed by atoms with Crippen LogP contribution in [0.5, 0.6) is 0 Å². The Morgan fingerprint density at radius 3 is 2.94 bits per heavy atom. The molecule has 3 unspecified atom stereocenters. The smallest absolute Gasteiger partial charge is 0.313 e. The van der Waals surface area contributed by atoms with Crippen molar-refractivity contribution in [3.63, 3.8) is 0 Å². The van der Waals surface area contributed by atoms with E-state index in [2.05, 4.69) is 25.7 Å². The van der Waals surface area contributed by atoms with Crippen molar-refractivity contribution < 1.29 is 24.3 Å². The van der Waals surface area contributed by atoms with Crippen LogP contribution in [0.3, 0.4) is 0 Å². The first kappa shape index (κ1) is 25.0. The van der Waals surface area contributed by atoms with Gasteiger partial charge in [-0.3, -0.25) is 14.4 Å². The number of hydrogen-bond donors (Lipinski definition) is 3. The number of thioether (sulfide) groups is 2. The lowest BCUT2D eigenvalue weighted by atomic mass is 9.89. The number of fused-ring (bicyclic) bond motifs is 1. The van der Waals surface area contributed by atoms with Crippen molar-refractivity contribution in [3.8, 4) is 0 Å². The van der Waals surface area contributed by atoms with Crippen LogP contribution in [0.1, 0.15) is 18.5 Å². The fourth-order valence-electron chi connectivity index (χ4n) is 3.96. The van der Waals surface area contributed by atoms with Crippen molar-refractivity contribution in [3.05, 3.63) is 28.7 Å². The molecule has 0 radical (unpaired) electrons. The topological polar surface area (TPSA) is 173 Å². The maximum absolute atomic E-state index is 13.1. The molecular weight excluding hydrogens is 547 g/mol. The number of aliphatic carboxylic acids is 1. The summed E-state index contributed by atoms with van der Waals surface area (Å²) in [6.07, 6.45) is 5.24. The van der Waals surface area contributed by atoms with Gasteiger partial charge in [-0.1, -0.05) is 34.3 Å². The monoisotopic (exact) mass is 567 g/mol. The fraction of sp³-hybridized carbons (Fsp3) is 0.450. The molecule has 16 heteroatoms. The molecule has 2 aliphatic heterocycles. The second-order valence-electron chi connectivity index (χ2n) is 8.36. The number of aromatic nitrogens is 3. The van der Waals surface area contributed by atoms with Crippen LogP contribution in [-0.4, -0.2) is 84.3 Å². The number of nitrogens with zero attached hydrogens (tertiary/aromatic N) is 5. The second kappa shape index (κ2) is 10.4. The van der Waals surface area contributed by atoms with Gasteiger partial charge in [0, 0.05) is 23.4 Å². The quantitative estimate of drug-likeness (QED) is 0.131. The number of oxime groups is 1. The van der Waals surface area contributed by atoms with E-state index in [4.69, 9.17) is 10.6 Å². The van der Waals surface area contributed by atoms with Crippen LogP contribution in [0, 0.1) is 5.41 Å². The molecule has 1 aliphatic carbocycles. The lowest BCUT2D eigenvalue weighted by Gasteiger charge is -2.53. The number of β-lactam (4-membered cyclic amide) rings is 1. The molecule has 4 N–H and O–H groups in total. The third-order valence-electron chi connectivity index (χ3n) is 5.92. The van der Waals surface area contributed by atoms with E-state index in [-0.39, 0.29) is 52.0 Å². The number of allylic oxidation sites excluding steroid dienone is 1. The molecule has 2 amide bonds. The molecule has 3 aliphatic rings. The lowest BCUT2D eigenvalue weighted by Crippen LogP contribution is -2.74. The number of anilines is 1. The van der Waals surface area contributed by atoms with E-state index in [0.29, 0.717) is 4.34 Å². The zero-order valence-electron chi connectivity index (χ0n) is 18.6. The average molecular weight is 568 g/mol. The number of carboxylic acid groups (broad SMARTS) is 1. The molecule has 5 rings (SSSR count). The van der Waals surface area contributed by atoms with Gasteiger partial charge in [0.15, 0.2) is 15.2 Å². The van der Waals surface area contributed by atoms with Gasteiger partial charge in [-0.15, -0.1) is 33.3 Å². The Bertz CT molecular complexity index is 1220. The summed E-state index contributed by atoms with van der Waals surface area (Å²) in [6, 6.07) is -0.808. The molecule has 2 aromatic heterocycles. The molecule has 2 saturated heterocycles. The molecule has 12 nitrogen and oxygen atoms in total. The summed E-state index contributed by atoms with van der Waals surface area (Å²) in [5.41, 5.74) is 6.38. The van der Waals surface area contributed by atoms with Crippen LogP contribution in [0.25, 0.3) is 0 Å². The van der Waals surface area contributed by atoms with Crippen LogP contribution in [0.15, 0.2) is 32.5 Å². The molecular formula is C20H21N7O5S4. The molecule has 190 valence electrons. The number of carbonyl (C=O) groups excluding carboxylic acids is 2. The predicted octanol–water partition coefficient (Wildman–Crippen LogP) is 1.28.